The van der Waals surface area contributed by atoms with Crippen LogP contribution in [0.1, 0.15) is 18.1 Å². The van der Waals surface area contributed by atoms with E-state index in [4.69, 9.17) is 19.9 Å². The average molecular weight is 296 g/mol. The van der Waals surface area contributed by atoms with E-state index in [1.54, 1.807) is 31.2 Å². The van der Waals surface area contributed by atoms with E-state index in [-0.39, 0.29) is 0 Å². The molecule has 0 aromatic heterocycles. The second kappa shape index (κ2) is 7.70. The first-order valence-corrected chi connectivity index (χ1v) is 6.78. The van der Waals surface area contributed by atoms with Gasteiger partial charge in [-0.25, -0.2) is 0 Å². The van der Waals surface area contributed by atoms with E-state index in [0.717, 1.165) is 11.3 Å². The molecule has 0 atom stereocenters. The van der Waals surface area contributed by atoms with Crippen LogP contribution in [0.3, 0.4) is 0 Å². The lowest BCUT2D eigenvalue weighted by atomic mass is 10.1. The van der Waals surface area contributed by atoms with Crippen LogP contribution in [-0.2, 0) is 0 Å². The fourth-order valence-electron chi connectivity index (χ4n) is 1.79. The van der Waals surface area contributed by atoms with E-state index in [1.807, 2.05) is 24.3 Å². The highest BCUT2D eigenvalue weighted by molar-refractivity contribution is 5.98. The molecule has 0 heterocycles. The Bertz CT molecular complexity index is 671. The highest BCUT2D eigenvalue weighted by Gasteiger charge is 2.00. The van der Waals surface area contributed by atoms with Gasteiger partial charge in [-0.05, 0) is 61.0 Å². The Morgan fingerprint density at radius 3 is 1.95 bits per heavy atom. The normalized spacial score (nSPS) is 10.8. The maximum Gasteiger partial charge on any atom is 0.122 e. The fourth-order valence-corrected chi connectivity index (χ4v) is 1.79. The number of oxime groups is 1. The molecule has 0 amide bonds. The van der Waals surface area contributed by atoms with Crippen LogP contribution in [0.25, 0.3) is 0 Å². The van der Waals surface area contributed by atoms with Crippen LogP contribution in [0.4, 0.5) is 0 Å². The van der Waals surface area contributed by atoms with Crippen molar-refractivity contribution in [2.45, 2.75) is 6.92 Å². The Labute approximate surface area is 129 Å². The maximum atomic E-state index is 8.71. The van der Waals surface area contributed by atoms with E-state index in [2.05, 4.69) is 11.2 Å². The number of hydrogen-bond acceptors (Lipinski definition) is 5. The predicted molar refractivity (Wildman–Crippen MR) is 82.6 cm³/mol. The summed E-state index contributed by atoms with van der Waals surface area (Å²) in [4.78, 5) is 0. The van der Waals surface area contributed by atoms with Gasteiger partial charge in [0.15, 0.2) is 0 Å². The Hall–Kier alpha value is -3.00. The van der Waals surface area contributed by atoms with Gasteiger partial charge in [-0.2, -0.15) is 5.26 Å². The molecule has 0 fully saturated rings. The second-order valence-electron chi connectivity index (χ2n) is 4.54. The molecule has 0 radical (unpaired) electrons. The highest BCUT2D eigenvalue weighted by Crippen LogP contribution is 2.14. The molecule has 0 unspecified atom stereocenters. The van der Waals surface area contributed by atoms with Crippen molar-refractivity contribution in [3.05, 3.63) is 59.7 Å². The summed E-state index contributed by atoms with van der Waals surface area (Å²) in [6.07, 6.45) is 0. The van der Waals surface area contributed by atoms with Crippen molar-refractivity contribution in [1.82, 2.24) is 0 Å². The summed E-state index contributed by atoms with van der Waals surface area (Å²) in [5, 5.41) is 20.5. The maximum absolute atomic E-state index is 8.71. The zero-order valence-corrected chi connectivity index (χ0v) is 12.2. The van der Waals surface area contributed by atoms with E-state index in [0.29, 0.717) is 30.2 Å². The molecule has 0 saturated heterocycles. The molecule has 0 aliphatic heterocycles. The summed E-state index contributed by atoms with van der Waals surface area (Å²) in [5.41, 5.74) is 1.99. The number of ether oxygens (including phenoxy) is 2. The fraction of sp³-hybridized carbons (Fsp3) is 0.176. The van der Waals surface area contributed by atoms with Crippen molar-refractivity contribution < 1.29 is 14.7 Å². The molecule has 22 heavy (non-hydrogen) atoms. The Kier molecular flexibility index (Phi) is 5.38. The third-order valence-corrected chi connectivity index (χ3v) is 3.03. The van der Waals surface area contributed by atoms with Crippen LogP contribution in [0.2, 0.25) is 0 Å². The first-order valence-electron chi connectivity index (χ1n) is 6.78. The second-order valence-corrected chi connectivity index (χ2v) is 4.54. The first kappa shape index (κ1) is 15.4. The molecule has 0 aliphatic carbocycles. The molecule has 112 valence electrons. The SMILES string of the molecule is C/C(=N\O)c1ccc(OCCOc2ccc(C#N)cc2)cc1. The molecule has 5 heteroatoms. The summed E-state index contributed by atoms with van der Waals surface area (Å²) in [5.74, 6) is 1.42. The number of benzene rings is 2. The van der Waals surface area contributed by atoms with Crippen molar-refractivity contribution in [3.63, 3.8) is 0 Å². The average Bonchev–Trinajstić information content (AvgIpc) is 2.59. The lowest BCUT2D eigenvalue weighted by molar-refractivity contribution is 0.217. The Morgan fingerprint density at radius 2 is 1.50 bits per heavy atom. The molecular formula is C17H16N2O3. The molecule has 0 bridgehead atoms. The van der Waals surface area contributed by atoms with Crippen LogP contribution in [0.15, 0.2) is 53.7 Å². The van der Waals surface area contributed by atoms with Gasteiger partial charge in [-0.15, -0.1) is 0 Å². The summed E-state index contributed by atoms with van der Waals surface area (Å²) < 4.78 is 11.1. The molecule has 2 aromatic rings. The quantitative estimate of drug-likeness (QED) is 0.384. The molecule has 2 rings (SSSR count). The standard InChI is InChI=1S/C17H16N2O3/c1-13(19-20)15-4-8-17(9-5-15)22-11-10-21-16-6-2-14(12-18)3-7-16/h2-9,20H,10-11H2,1H3/b19-13+. The van der Waals surface area contributed by atoms with Crippen molar-refractivity contribution in [2.75, 3.05) is 13.2 Å². The van der Waals surface area contributed by atoms with Crippen LogP contribution in [-0.4, -0.2) is 24.1 Å². The zero-order chi connectivity index (χ0) is 15.8. The number of nitrogens with zero attached hydrogens (tertiary/aromatic N) is 2. The number of rotatable bonds is 6. The van der Waals surface area contributed by atoms with Gasteiger partial charge in [-0.3, -0.25) is 0 Å². The van der Waals surface area contributed by atoms with Gasteiger partial charge >= 0.3 is 0 Å². The van der Waals surface area contributed by atoms with Gasteiger partial charge in [0.2, 0.25) is 0 Å². The third-order valence-electron chi connectivity index (χ3n) is 3.03. The molecule has 0 aliphatic rings. The minimum absolute atomic E-state index is 0.408. The largest absolute Gasteiger partial charge is 0.490 e. The van der Waals surface area contributed by atoms with Crippen molar-refractivity contribution in [3.8, 4) is 17.6 Å². The molecule has 0 spiro atoms. The number of nitriles is 1. The Morgan fingerprint density at radius 1 is 1.00 bits per heavy atom. The summed E-state index contributed by atoms with van der Waals surface area (Å²) in [7, 11) is 0. The molecule has 2 aromatic carbocycles. The molecule has 1 N–H and O–H groups in total. The van der Waals surface area contributed by atoms with Crippen molar-refractivity contribution in [1.29, 1.82) is 5.26 Å². The summed E-state index contributed by atoms with van der Waals surface area (Å²) >= 11 is 0. The predicted octanol–water partition coefficient (Wildman–Crippen LogP) is 3.21. The van der Waals surface area contributed by atoms with E-state index in [9.17, 15) is 0 Å². The Balaban J connectivity index is 1.77. The van der Waals surface area contributed by atoms with Crippen molar-refractivity contribution >= 4 is 5.71 Å². The van der Waals surface area contributed by atoms with Crippen LogP contribution in [0, 0.1) is 11.3 Å². The smallest absolute Gasteiger partial charge is 0.122 e. The minimum Gasteiger partial charge on any atom is -0.490 e. The van der Waals surface area contributed by atoms with Gasteiger partial charge in [0.05, 0.1) is 17.3 Å². The van der Waals surface area contributed by atoms with E-state index in [1.165, 1.54) is 0 Å². The van der Waals surface area contributed by atoms with E-state index < -0.39 is 0 Å². The van der Waals surface area contributed by atoms with Crippen LogP contribution in [0.5, 0.6) is 11.5 Å². The summed E-state index contributed by atoms with van der Waals surface area (Å²) in [6.45, 7) is 2.54. The minimum atomic E-state index is 0.408. The number of hydrogen-bond donors (Lipinski definition) is 1. The topological polar surface area (TPSA) is 74.8 Å². The van der Waals surface area contributed by atoms with Crippen LogP contribution >= 0.6 is 0 Å². The van der Waals surface area contributed by atoms with Gasteiger partial charge < -0.3 is 14.7 Å². The third kappa shape index (κ3) is 4.25. The lowest BCUT2D eigenvalue weighted by Crippen LogP contribution is -2.09. The zero-order valence-electron chi connectivity index (χ0n) is 12.2. The van der Waals surface area contributed by atoms with Gasteiger partial charge in [0.25, 0.3) is 0 Å². The molecular weight excluding hydrogens is 280 g/mol. The van der Waals surface area contributed by atoms with Gasteiger partial charge in [-0.1, -0.05) is 5.16 Å². The monoisotopic (exact) mass is 296 g/mol. The lowest BCUT2D eigenvalue weighted by Gasteiger charge is -2.09. The van der Waals surface area contributed by atoms with Gasteiger partial charge in [0.1, 0.15) is 24.7 Å². The first-order chi connectivity index (χ1) is 10.7. The van der Waals surface area contributed by atoms with Crippen LogP contribution < -0.4 is 9.47 Å². The highest BCUT2D eigenvalue weighted by atomic mass is 16.5. The van der Waals surface area contributed by atoms with Crippen molar-refractivity contribution in [2.24, 2.45) is 5.16 Å². The molecule has 5 nitrogen and oxygen atoms in total. The van der Waals surface area contributed by atoms with E-state index >= 15 is 0 Å². The summed E-state index contributed by atoms with van der Waals surface area (Å²) in [6, 6.07) is 16.3. The van der Waals surface area contributed by atoms with Gasteiger partial charge in [0, 0.05) is 0 Å². The molecule has 0 saturated carbocycles.